The van der Waals surface area contributed by atoms with E-state index < -0.39 is 35.4 Å². The van der Waals surface area contributed by atoms with Crippen molar-refractivity contribution in [1.29, 1.82) is 0 Å². The Morgan fingerprint density at radius 1 is 1.05 bits per heavy atom. The molecule has 41 heavy (non-hydrogen) atoms. The average Bonchev–Trinajstić information content (AvgIpc) is 3.34. The molecule has 0 aliphatic heterocycles. The molecule has 212 valence electrons. The molecule has 3 aromatic heterocycles. The smallest absolute Gasteiger partial charge is 0.476 e. The number of benzene rings is 2. The minimum atomic E-state index is -5.08. The zero-order valence-electron chi connectivity index (χ0n) is 20.7. The number of hydrogen-bond donors (Lipinski definition) is 3. The number of hydrogen-bond acceptors (Lipinski definition) is 6. The number of halogens is 5. The van der Waals surface area contributed by atoms with Gasteiger partial charge in [0.1, 0.15) is 16.6 Å². The zero-order valence-corrected chi connectivity index (χ0v) is 21.5. The number of carboxylic acids is 2. The summed E-state index contributed by atoms with van der Waals surface area (Å²) in [6.45, 7) is 1.70. The van der Waals surface area contributed by atoms with Crippen LogP contribution in [0.4, 0.5) is 23.2 Å². The number of pyridine rings is 1. The fourth-order valence-electron chi connectivity index (χ4n) is 3.92. The van der Waals surface area contributed by atoms with Crippen molar-refractivity contribution in [2.45, 2.75) is 19.1 Å². The number of aromatic carboxylic acids is 1. The van der Waals surface area contributed by atoms with Gasteiger partial charge in [-0.1, -0.05) is 35.9 Å². The number of carboxylic acid groups (broad SMARTS) is 2. The molecule has 0 bridgehead atoms. The van der Waals surface area contributed by atoms with Gasteiger partial charge in [0, 0.05) is 24.0 Å². The third-order valence-electron chi connectivity index (χ3n) is 5.76. The normalized spacial score (nSPS) is 12.0. The van der Waals surface area contributed by atoms with Crippen LogP contribution in [0.5, 0.6) is 0 Å². The van der Waals surface area contributed by atoms with E-state index in [9.17, 15) is 32.3 Å². The lowest BCUT2D eigenvalue weighted by Gasteiger charge is -2.18. The number of nitrogens with one attached hydrogen (secondary N) is 1. The molecule has 0 fully saturated rings. The number of aromatic nitrogens is 2. The highest BCUT2D eigenvalue weighted by Crippen LogP contribution is 2.30. The van der Waals surface area contributed by atoms with Gasteiger partial charge >= 0.3 is 18.1 Å². The predicted molar refractivity (Wildman–Crippen MR) is 141 cm³/mol. The summed E-state index contributed by atoms with van der Waals surface area (Å²) in [5, 5.41) is 21.7. The fourth-order valence-corrected chi connectivity index (χ4v) is 4.07. The van der Waals surface area contributed by atoms with Gasteiger partial charge in [0.15, 0.2) is 11.1 Å². The Balaban J connectivity index is 0.000000493. The lowest BCUT2D eigenvalue weighted by molar-refractivity contribution is -0.192. The van der Waals surface area contributed by atoms with Gasteiger partial charge in [-0.25, -0.2) is 19.0 Å². The highest BCUT2D eigenvalue weighted by molar-refractivity contribution is 6.29. The van der Waals surface area contributed by atoms with E-state index in [1.54, 1.807) is 11.5 Å². The van der Waals surface area contributed by atoms with E-state index in [1.165, 1.54) is 24.3 Å². The Hall–Kier alpha value is -4.91. The molecule has 0 saturated heterocycles. The van der Waals surface area contributed by atoms with Crippen LogP contribution in [-0.4, -0.2) is 37.9 Å². The van der Waals surface area contributed by atoms with E-state index >= 15 is 0 Å². The molecule has 0 saturated carbocycles. The van der Waals surface area contributed by atoms with Crippen LogP contribution in [0.25, 0.3) is 27.6 Å². The molecule has 0 radical (unpaired) electrons. The summed E-state index contributed by atoms with van der Waals surface area (Å²) in [5.74, 6) is -4.37. The van der Waals surface area contributed by atoms with E-state index in [-0.39, 0.29) is 33.4 Å². The first-order valence-electron chi connectivity index (χ1n) is 11.6. The zero-order chi connectivity index (χ0) is 30.1. The molecule has 0 aliphatic carbocycles. The van der Waals surface area contributed by atoms with Crippen LogP contribution in [0.1, 0.15) is 29.0 Å². The van der Waals surface area contributed by atoms with Crippen molar-refractivity contribution in [1.82, 2.24) is 9.55 Å². The Bertz CT molecular complexity index is 1820. The summed E-state index contributed by atoms with van der Waals surface area (Å²) in [6, 6.07) is 13.7. The third kappa shape index (κ3) is 6.47. The molecule has 3 heterocycles. The second-order valence-corrected chi connectivity index (χ2v) is 9.01. The highest BCUT2D eigenvalue weighted by atomic mass is 35.5. The van der Waals surface area contributed by atoms with Gasteiger partial charge in [0.2, 0.25) is 5.88 Å². The number of aliphatic carboxylic acids is 1. The van der Waals surface area contributed by atoms with Crippen LogP contribution in [0.3, 0.4) is 0 Å². The molecule has 0 aliphatic rings. The Kier molecular flexibility index (Phi) is 8.01. The van der Waals surface area contributed by atoms with Crippen LogP contribution >= 0.6 is 11.6 Å². The number of anilines is 1. The summed E-state index contributed by atoms with van der Waals surface area (Å²) in [4.78, 5) is 37.2. The van der Waals surface area contributed by atoms with E-state index in [1.807, 2.05) is 36.7 Å². The summed E-state index contributed by atoms with van der Waals surface area (Å²) in [7, 11) is 0. The lowest BCUT2D eigenvalue weighted by Crippen LogP contribution is -2.21. The second kappa shape index (κ2) is 11.3. The van der Waals surface area contributed by atoms with Gasteiger partial charge in [-0.15, -0.1) is 0 Å². The fraction of sp³-hybridized carbons (Fsp3) is 0.111. The Morgan fingerprint density at radius 3 is 2.22 bits per heavy atom. The molecule has 5 aromatic rings. The summed E-state index contributed by atoms with van der Waals surface area (Å²) in [5.41, 5.74) is 0.0527. The maximum Gasteiger partial charge on any atom is 0.490 e. The number of fused-ring (bicyclic) bond motifs is 2. The van der Waals surface area contributed by atoms with Crippen LogP contribution in [0, 0.1) is 5.82 Å². The molecule has 0 spiro atoms. The standard InChI is InChI=1S/C25H17ClFN3O4.C2HF3O2/c1-13(28-19-6-7-21(26)29-23(19)25(32)33)17-8-16(27)9-18-20(31)10-22(34-24(17)18)30-11-14-4-2-3-5-15(14)12-30;3-2(4,5)1(6)7/h2-13,28H,1H3,(H,32,33);(H,6,7). The van der Waals surface area contributed by atoms with Gasteiger partial charge < -0.3 is 19.9 Å². The number of alkyl halides is 3. The summed E-state index contributed by atoms with van der Waals surface area (Å²) < 4.78 is 54.0. The topological polar surface area (TPSA) is 135 Å². The highest BCUT2D eigenvalue weighted by Gasteiger charge is 2.38. The molecule has 9 nitrogen and oxygen atoms in total. The van der Waals surface area contributed by atoms with Gasteiger partial charge in [0.05, 0.1) is 17.1 Å². The summed E-state index contributed by atoms with van der Waals surface area (Å²) >= 11 is 5.83. The molecule has 2 aromatic carbocycles. The van der Waals surface area contributed by atoms with Crippen molar-refractivity contribution in [2.75, 3.05) is 5.32 Å². The number of carbonyl (C=O) groups is 2. The first kappa shape index (κ1) is 29.1. The SMILES string of the molecule is CC(Nc1ccc(Cl)nc1C(=O)O)c1cc(F)cc2c(=O)cc(-n3cc4ccccc4c3)oc12.O=C(O)C(F)(F)F. The first-order chi connectivity index (χ1) is 19.2. The number of nitrogens with zero attached hydrogens (tertiary/aromatic N) is 2. The second-order valence-electron chi connectivity index (χ2n) is 8.62. The van der Waals surface area contributed by atoms with Crippen molar-refractivity contribution in [2.24, 2.45) is 0 Å². The molecular weight excluding hydrogens is 574 g/mol. The van der Waals surface area contributed by atoms with Crippen molar-refractivity contribution in [3.63, 3.8) is 0 Å². The van der Waals surface area contributed by atoms with Gasteiger partial charge in [0.25, 0.3) is 0 Å². The summed E-state index contributed by atoms with van der Waals surface area (Å²) in [6.07, 6.45) is -1.41. The van der Waals surface area contributed by atoms with Gasteiger partial charge in [-0.2, -0.15) is 13.2 Å². The van der Waals surface area contributed by atoms with Crippen molar-refractivity contribution < 1.29 is 41.8 Å². The van der Waals surface area contributed by atoms with Gasteiger partial charge in [-0.05, 0) is 42.0 Å². The molecule has 1 unspecified atom stereocenters. The minimum Gasteiger partial charge on any atom is -0.476 e. The predicted octanol–water partition coefficient (Wildman–Crippen LogP) is 6.43. The average molecular weight is 592 g/mol. The van der Waals surface area contributed by atoms with Crippen LogP contribution in [0.15, 0.2) is 76.2 Å². The molecule has 5 rings (SSSR count). The number of rotatable bonds is 5. The lowest BCUT2D eigenvalue weighted by atomic mass is 10.0. The first-order valence-corrected chi connectivity index (χ1v) is 11.9. The monoisotopic (exact) mass is 591 g/mol. The van der Waals surface area contributed by atoms with Crippen molar-refractivity contribution in [3.8, 4) is 5.88 Å². The van der Waals surface area contributed by atoms with E-state index in [0.29, 0.717) is 5.56 Å². The van der Waals surface area contributed by atoms with Gasteiger partial charge in [-0.3, -0.25) is 9.36 Å². The van der Waals surface area contributed by atoms with Crippen LogP contribution < -0.4 is 10.7 Å². The van der Waals surface area contributed by atoms with E-state index in [4.69, 9.17) is 25.9 Å². The Morgan fingerprint density at radius 2 is 1.66 bits per heavy atom. The quantitative estimate of drug-likeness (QED) is 0.157. The van der Waals surface area contributed by atoms with E-state index in [2.05, 4.69) is 10.3 Å². The molecular formula is C27H18ClF4N3O6. The molecule has 0 amide bonds. The minimum absolute atomic E-state index is 0.0292. The van der Waals surface area contributed by atoms with Crippen LogP contribution in [-0.2, 0) is 4.79 Å². The maximum atomic E-state index is 14.5. The Labute approximate surface area is 232 Å². The largest absolute Gasteiger partial charge is 0.490 e. The van der Waals surface area contributed by atoms with Crippen molar-refractivity contribution in [3.05, 3.63) is 99.4 Å². The van der Waals surface area contributed by atoms with Crippen LogP contribution in [0.2, 0.25) is 5.15 Å². The third-order valence-corrected chi connectivity index (χ3v) is 5.97. The maximum absolute atomic E-state index is 14.5. The van der Waals surface area contributed by atoms with E-state index in [0.717, 1.165) is 16.8 Å². The molecule has 14 heteroatoms. The molecule has 3 N–H and O–H groups in total. The molecule has 1 atom stereocenters. The van der Waals surface area contributed by atoms with Crippen molar-refractivity contribution >= 4 is 51.0 Å².